The monoisotopic (exact) mass is 501 g/mol. The van der Waals surface area contributed by atoms with Crippen LogP contribution in [0, 0.1) is 13.8 Å². The summed E-state index contributed by atoms with van der Waals surface area (Å²) in [5.41, 5.74) is 2.99. The van der Waals surface area contributed by atoms with E-state index in [1.807, 2.05) is 26.0 Å². The van der Waals surface area contributed by atoms with Gasteiger partial charge in [-0.15, -0.1) is 0 Å². The SMILES string of the molecule is CCCC(Oc1ccc(OCC(=O)OCC)c(C)c1)c1ccc(-c2ccc(C(F)(F)F)cc2)nc1C. The molecule has 2 aromatic carbocycles. The highest BCUT2D eigenvalue weighted by molar-refractivity contribution is 5.71. The van der Waals surface area contributed by atoms with E-state index in [2.05, 4.69) is 11.9 Å². The quantitative estimate of drug-likeness (QED) is 0.274. The predicted octanol–water partition coefficient (Wildman–Crippen LogP) is 7.25. The van der Waals surface area contributed by atoms with Crippen LogP contribution in [0.2, 0.25) is 0 Å². The molecule has 3 rings (SSSR count). The summed E-state index contributed by atoms with van der Waals surface area (Å²) in [6.07, 6.45) is -3.00. The maximum atomic E-state index is 12.9. The zero-order valence-corrected chi connectivity index (χ0v) is 20.8. The van der Waals surface area contributed by atoms with E-state index in [1.54, 1.807) is 25.1 Å². The molecule has 0 fully saturated rings. The molecule has 0 aliphatic carbocycles. The number of rotatable bonds is 10. The second-order valence-electron chi connectivity index (χ2n) is 8.36. The van der Waals surface area contributed by atoms with Crippen LogP contribution in [0.15, 0.2) is 54.6 Å². The molecule has 0 aliphatic heterocycles. The van der Waals surface area contributed by atoms with Gasteiger partial charge in [-0.1, -0.05) is 31.5 Å². The molecular weight excluding hydrogens is 471 g/mol. The molecule has 0 saturated carbocycles. The molecule has 8 heteroatoms. The Morgan fingerprint density at radius 2 is 1.72 bits per heavy atom. The fourth-order valence-electron chi connectivity index (χ4n) is 3.80. The number of carbonyl (C=O) groups is 1. The molecule has 5 nitrogen and oxygen atoms in total. The highest BCUT2D eigenvalue weighted by atomic mass is 19.4. The first-order valence-electron chi connectivity index (χ1n) is 11.8. The summed E-state index contributed by atoms with van der Waals surface area (Å²) < 4.78 is 55.3. The van der Waals surface area contributed by atoms with Gasteiger partial charge in [-0.2, -0.15) is 13.2 Å². The zero-order chi connectivity index (χ0) is 26.3. The summed E-state index contributed by atoms with van der Waals surface area (Å²) >= 11 is 0. The molecule has 1 heterocycles. The number of aryl methyl sites for hydroxylation is 2. The van der Waals surface area contributed by atoms with Crippen LogP contribution in [0.3, 0.4) is 0 Å². The molecular formula is C28H30F3NO4. The first-order valence-corrected chi connectivity index (χ1v) is 11.8. The minimum atomic E-state index is -4.37. The zero-order valence-electron chi connectivity index (χ0n) is 20.8. The summed E-state index contributed by atoms with van der Waals surface area (Å²) in [7, 11) is 0. The van der Waals surface area contributed by atoms with Crippen LogP contribution >= 0.6 is 0 Å². The Labute approximate surface area is 209 Å². The number of ether oxygens (including phenoxy) is 3. The molecule has 1 atom stereocenters. The van der Waals surface area contributed by atoms with E-state index in [-0.39, 0.29) is 12.7 Å². The Kier molecular flexibility index (Phi) is 8.96. The average molecular weight is 502 g/mol. The molecule has 3 aromatic rings. The molecule has 0 amide bonds. The third kappa shape index (κ3) is 6.99. The van der Waals surface area contributed by atoms with E-state index >= 15 is 0 Å². The third-order valence-corrected chi connectivity index (χ3v) is 5.61. The van der Waals surface area contributed by atoms with Crippen LogP contribution in [-0.2, 0) is 15.7 Å². The number of benzene rings is 2. The summed E-state index contributed by atoms with van der Waals surface area (Å²) in [5, 5.41) is 0. The van der Waals surface area contributed by atoms with E-state index in [1.165, 1.54) is 12.1 Å². The number of pyridine rings is 1. The van der Waals surface area contributed by atoms with Gasteiger partial charge in [0.05, 0.1) is 17.9 Å². The van der Waals surface area contributed by atoms with Crippen LogP contribution in [-0.4, -0.2) is 24.2 Å². The fourth-order valence-corrected chi connectivity index (χ4v) is 3.80. The lowest BCUT2D eigenvalue weighted by molar-refractivity contribution is -0.145. The molecule has 192 valence electrons. The molecule has 0 radical (unpaired) electrons. The summed E-state index contributed by atoms with van der Waals surface area (Å²) in [4.78, 5) is 16.2. The third-order valence-electron chi connectivity index (χ3n) is 5.61. The Hall–Kier alpha value is -3.55. The minimum absolute atomic E-state index is 0.163. The number of esters is 1. The molecule has 0 spiro atoms. The van der Waals surface area contributed by atoms with E-state index < -0.39 is 17.7 Å². The van der Waals surface area contributed by atoms with Crippen molar-refractivity contribution >= 4 is 5.97 Å². The topological polar surface area (TPSA) is 57.7 Å². The Morgan fingerprint density at radius 1 is 1.00 bits per heavy atom. The van der Waals surface area contributed by atoms with Gasteiger partial charge in [-0.05, 0) is 69.2 Å². The van der Waals surface area contributed by atoms with Gasteiger partial charge in [0.15, 0.2) is 6.61 Å². The van der Waals surface area contributed by atoms with Crippen molar-refractivity contribution in [2.24, 2.45) is 0 Å². The van der Waals surface area contributed by atoms with Gasteiger partial charge >= 0.3 is 12.1 Å². The van der Waals surface area contributed by atoms with E-state index in [0.29, 0.717) is 29.4 Å². The van der Waals surface area contributed by atoms with Crippen molar-refractivity contribution in [3.05, 3.63) is 77.0 Å². The number of alkyl halides is 3. The minimum Gasteiger partial charge on any atom is -0.486 e. The summed E-state index contributed by atoms with van der Waals surface area (Å²) in [5.74, 6) is 0.796. The second kappa shape index (κ2) is 11.9. The standard InChI is InChI=1S/C28H30F3NO4/c1-5-7-26(36-22-12-15-25(18(3)16-22)35-17-27(33)34-6-2)23-13-14-24(32-19(23)4)20-8-10-21(11-9-20)28(29,30)31/h8-16,26H,5-7,17H2,1-4H3. The Bertz CT molecular complexity index is 1180. The van der Waals surface area contributed by atoms with Crippen molar-refractivity contribution in [1.82, 2.24) is 4.98 Å². The molecule has 0 aliphatic rings. The number of nitrogens with zero attached hydrogens (tertiary/aromatic N) is 1. The van der Waals surface area contributed by atoms with Crippen LogP contribution in [0.4, 0.5) is 13.2 Å². The van der Waals surface area contributed by atoms with Gasteiger partial charge in [0, 0.05) is 16.8 Å². The number of aromatic nitrogens is 1. The first kappa shape index (κ1) is 27.0. The van der Waals surface area contributed by atoms with Crippen LogP contribution in [0.1, 0.15) is 55.2 Å². The van der Waals surface area contributed by atoms with Gasteiger partial charge in [0.25, 0.3) is 0 Å². The normalized spacial score (nSPS) is 12.2. The lowest BCUT2D eigenvalue weighted by Crippen LogP contribution is -2.15. The van der Waals surface area contributed by atoms with Crippen molar-refractivity contribution in [2.75, 3.05) is 13.2 Å². The van der Waals surface area contributed by atoms with Crippen molar-refractivity contribution in [3.8, 4) is 22.8 Å². The van der Waals surface area contributed by atoms with Crippen LogP contribution in [0.5, 0.6) is 11.5 Å². The number of halogens is 3. The number of hydrogen-bond acceptors (Lipinski definition) is 5. The molecule has 1 aromatic heterocycles. The Balaban J connectivity index is 1.76. The molecule has 0 N–H and O–H groups in total. The van der Waals surface area contributed by atoms with Crippen LogP contribution < -0.4 is 9.47 Å². The molecule has 0 bridgehead atoms. The highest BCUT2D eigenvalue weighted by Crippen LogP contribution is 2.33. The highest BCUT2D eigenvalue weighted by Gasteiger charge is 2.30. The van der Waals surface area contributed by atoms with Gasteiger partial charge in [0.1, 0.15) is 17.6 Å². The number of carbonyl (C=O) groups excluding carboxylic acids is 1. The maximum absolute atomic E-state index is 12.9. The lowest BCUT2D eigenvalue weighted by atomic mass is 10.0. The fraction of sp³-hybridized carbons (Fsp3) is 0.357. The average Bonchev–Trinajstić information content (AvgIpc) is 2.83. The summed E-state index contributed by atoms with van der Waals surface area (Å²) in [6.45, 7) is 7.67. The molecule has 0 saturated heterocycles. The van der Waals surface area contributed by atoms with Gasteiger partial charge in [-0.25, -0.2) is 4.79 Å². The van der Waals surface area contributed by atoms with Gasteiger partial charge in [-0.3, -0.25) is 4.98 Å². The maximum Gasteiger partial charge on any atom is 0.416 e. The smallest absolute Gasteiger partial charge is 0.416 e. The van der Waals surface area contributed by atoms with Crippen LogP contribution in [0.25, 0.3) is 11.3 Å². The first-order chi connectivity index (χ1) is 17.1. The number of hydrogen-bond donors (Lipinski definition) is 0. The van der Waals surface area contributed by atoms with Gasteiger partial charge < -0.3 is 14.2 Å². The second-order valence-corrected chi connectivity index (χ2v) is 8.36. The van der Waals surface area contributed by atoms with Crippen molar-refractivity contribution < 1.29 is 32.2 Å². The van der Waals surface area contributed by atoms with E-state index in [0.717, 1.165) is 41.8 Å². The van der Waals surface area contributed by atoms with Gasteiger partial charge in [0.2, 0.25) is 0 Å². The largest absolute Gasteiger partial charge is 0.486 e. The van der Waals surface area contributed by atoms with Crippen molar-refractivity contribution in [3.63, 3.8) is 0 Å². The molecule has 1 unspecified atom stereocenters. The Morgan fingerprint density at radius 3 is 2.31 bits per heavy atom. The lowest BCUT2D eigenvalue weighted by Gasteiger charge is -2.22. The molecule has 36 heavy (non-hydrogen) atoms. The van der Waals surface area contributed by atoms with Crippen molar-refractivity contribution in [2.45, 2.75) is 52.8 Å². The van der Waals surface area contributed by atoms with E-state index in [9.17, 15) is 18.0 Å². The van der Waals surface area contributed by atoms with E-state index in [4.69, 9.17) is 14.2 Å². The summed E-state index contributed by atoms with van der Waals surface area (Å²) in [6, 6.07) is 14.1. The van der Waals surface area contributed by atoms with Crippen molar-refractivity contribution in [1.29, 1.82) is 0 Å². The predicted molar refractivity (Wildman–Crippen MR) is 131 cm³/mol.